The summed E-state index contributed by atoms with van der Waals surface area (Å²) in [6, 6.07) is 9.27. The predicted molar refractivity (Wildman–Crippen MR) is 84.3 cm³/mol. The Balaban J connectivity index is 1.95. The van der Waals surface area contributed by atoms with Gasteiger partial charge in [0, 0.05) is 17.6 Å². The zero-order chi connectivity index (χ0) is 14.4. The molecule has 20 heavy (non-hydrogen) atoms. The summed E-state index contributed by atoms with van der Waals surface area (Å²) < 4.78 is 5.47. The van der Waals surface area contributed by atoms with Crippen molar-refractivity contribution in [1.29, 1.82) is 0 Å². The highest BCUT2D eigenvalue weighted by Gasteiger charge is 2.19. The molecule has 2 rings (SSSR count). The maximum Gasteiger partial charge on any atom is 0.123 e. The van der Waals surface area contributed by atoms with E-state index in [2.05, 4.69) is 36.2 Å². The highest BCUT2D eigenvalue weighted by Crippen LogP contribution is 2.25. The van der Waals surface area contributed by atoms with E-state index < -0.39 is 0 Å². The molecule has 3 heteroatoms. The van der Waals surface area contributed by atoms with Crippen molar-refractivity contribution in [3.05, 3.63) is 29.8 Å². The van der Waals surface area contributed by atoms with Gasteiger partial charge in [-0.3, -0.25) is 0 Å². The minimum Gasteiger partial charge on any atom is -0.496 e. The molecule has 1 fully saturated rings. The van der Waals surface area contributed by atoms with Crippen molar-refractivity contribution in [3.8, 4) is 5.75 Å². The number of nitrogens with one attached hydrogen (secondary N) is 1. The fourth-order valence-electron chi connectivity index (χ4n) is 3.11. The minimum atomic E-state index is 0.337. The fraction of sp³-hybridized carbons (Fsp3) is 0.647. The van der Waals surface area contributed by atoms with Crippen molar-refractivity contribution in [2.24, 2.45) is 0 Å². The third kappa shape index (κ3) is 3.97. The van der Waals surface area contributed by atoms with E-state index in [0.717, 1.165) is 5.75 Å². The molecule has 1 heterocycles. The fourth-order valence-corrected chi connectivity index (χ4v) is 3.11. The molecular formula is C17H28N2O. The van der Waals surface area contributed by atoms with Gasteiger partial charge in [0.2, 0.25) is 0 Å². The second-order valence-electron chi connectivity index (χ2n) is 5.69. The topological polar surface area (TPSA) is 24.5 Å². The van der Waals surface area contributed by atoms with Crippen LogP contribution in [0, 0.1) is 0 Å². The molecule has 1 N–H and O–H groups in total. The van der Waals surface area contributed by atoms with Crippen LogP contribution in [-0.2, 0) is 0 Å². The van der Waals surface area contributed by atoms with E-state index in [1.165, 1.54) is 44.5 Å². The highest BCUT2D eigenvalue weighted by atomic mass is 16.5. The van der Waals surface area contributed by atoms with Gasteiger partial charge < -0.3 is 15.0 Å². The van der Waals surface area contributed by atoms with Crippen molar-refractivity contribution in [2.45, 2.75) is 45.2 Å². The van der Waals surface area contributed by atoms with Crippen LogP contribution in [0.25, 0.3) is 0 Å². The van der Waals surface area contributed by atoms with Crippen molar-refractivity contribution >= 4 is 0 Å². The Hall–Kier alpha value is -1.06. The monoisotopic (exact) mass is 276 g/mol. The van der Waals surface area contributed by atoms with Crippen LogP contribution in [0.5, 0.6) is 5.75 Å². The number of hydrogen-bond donors (Lipinski definition) is 1. The third-order valence-electron chi connectivity index (χ3n) is 4.36. The molecule has 1 aromatic carbocycles. The number of methoxy groups -OCH3 is 1. The van der Waals surface area contributed by atoms with Gasteiger partial charge in [0.15, 0.2) is 0 Å². The molecule has 0 amide bonds. The van der Waals surface area contributed by atoms with Crippen molar-refractivity contribution in [3.63, 3.8) is 0 Å². The smallest absolute Gasteiger partial charge is 0.123 e. The van der Waals surface area contributed by atoms with Gasteiger partial charge in [0.1, 0.15) is 5.75 Å². The van der Waals surface area contributed by atoms with Crippen LogP contribution in [-0.4, -0.2) is 37.7 Å². The second kappa shape index (κ2) is 7.65. The largest absolute Gasteiger partial charge is 0.496 e. The molecule has 0 spiro atoms. The van der Waals surface area contributed by atoms with Crippen molar-refractivity contribution in [1.82, 2.24) is 10.2 Å². The molecule has 1 saturated heterocycles. The van der Waals surface area contributed by atoms with E-state index in [1.54, 1.807) is 7.11 Å². The summed E-state index contributed by atoms with van der Waals surface area (Å²) in [5, 5.41) is 3.79. The molecule has 1 aliphatic rings. The standard InChI is InChI=1S/C17H28N2O/c1-4-19-12-7-8-15(11-13-19)18-14(2)16-9-5-6-10-17(16)20-3/h5-6,9-10,14-15,18H,4,7-8,11-13H2,1-3H3/t14-,15?/m1/s1. The summed E-state index contributed by atoms with van der Waals surface area (Å²) in [6.45, 7) is 8.13. The number of ether oxygens (including phenoxy) is 1. The summed E-state index contributed by atoms with van der Waals surface area (Å²) in [6.07, 6.45) is 3.81. The highest BCUT2D eigenvalue weighted by molar-refractivity contribution is 5.35. The average Bonchev–Trinajstić information content (AvgIpc) is 2.72. The number of hydrogen-bond acceptors (Lipinski definition) is 3. The van der Waals surface area contributed by atoms with Gasteiger partial charge in [-0.2, -0.15) is 0 Å². The quantitative estimate of drug-likeness (QED) is 0.893. The van der Waals surface area contributed by atoms with Crippen LogP contribution in [0.15, 0.2) is 24.3 Å². The Bertz CT molecular complexity index is 408. The summed E-state index contributed by atoms with van der Waals surface area (Å²) in [5.41, 5.74) is 1.26. The molecule has 0 radical (unpaired) electrons. The second-order valence-corrected chi connectivity index (χ2v) is 5.69. The lowest BCUT2D eigenvalue weighted by molar-refractivity contribution is 0.295. The molecule has 112 valence electrons. The van der Waals surface area contributed by atoms with E-state index in [4.69, 9.17) is 4.74 Å². The molecule has 2 atom stereocenters. The van der Waals surface area contributed by atoms with Gasteiger partial charge >= 0.3 is 0 Å². The Morgan fingerprint density at radius 2 is 2.10 bits per heavy atom. The molecule has 3 nitrogen and oxygen atoms in total. The van der Waals surface area contributed by atoms with Crippen LogP contribution in [0.2, 0.25) is 0 Å². The molecule has 1 aromatic rings. The lowest BCUT2D eigenvalue weighted by atomic mass is 10.0. The van der Waals surface area contributed by atoms with E-state index in [-0.39, 0.29) is 0 Å². The first-order valence-electron chi connectivity index (χ1n) is 7.86. The number of nitrogens with zero attached hydrogens (tertiary/aromatic N) is 1. The van der Waals surface area contributed by atoms with E-state index in [0.29, 0.717) is 12.1 Å². The van der Waals surface area contributed by atoms with E-state index >= 15 is 0 Å². The Kier molecular flexibility index (Phi) is 5.86. The molecular weight excluding hydrogens is 248 g/mol. The first-order valence-corrected chi connectivity index (χ1v) is 7.86. The maximum absolute atomic E-state index is 5.47. The molecule has 0 aliphatic carbocycles. The lowest BCUT2D eigenvalue weighted by Gasteiger charge is -2.24. The summed E-state index contributed by atoms with van der Waals surface area (Å²) >= 11 is 0. The normalized spacial score (nSPS) is 22.2. The van der Waals surface area contributed by atoms with Crippen LogP contribution >= 0.6 is 0 Å². The van der Waals surface area contributed by atoms with Crippen molar-refractivity contribution in [2.75, 3.05) is 26.7 Å². The average molecular weight is 276 g/mol. The molecule has 1 aliphatic heterocycles. The SMILES string of the molecule is CCN1CCCC(N[C@H](C)c2ccccc2OC)CC1. The van der Waals surface area contributed by atoms with Crippen LogP contribution in [0.4, 0.5) is 0 Å². The first kappa shape index (κ1) is 15.3. The van der Waals surface area contributed by atoms with Gasteiger partial charge in [0.05, 0.1) is 7.11 Å². The predicted octanol–water partition coefficient (Wildman–Crippen LogP) is 3.22. The number of benzene rings is 1. The Labute approximate surface area is 123 Å². The molecule has 0 aromatic heterocycles. The van der Waals surface area contributed by atoms with Crippen LogP contribution < -0.4 is 10.1 Å². The number of para-hydroxylation sites is 1. The van der Waals surface area contributed by atoms with Gasteiger partial charge in [-0.15, -0.1) is 0 Å². The Morgan fingerprint density at radius 1 is 1.30 bits per heavy atom. The molecule has 1 unspecified atom stereocenters. The lowest BCUT2D eigenvalue weighted by Crippen LogP contribution is -2.33. The summed E-state index contributed by atoms with van der Waals surface area (Å²) in [5.74, 6) is 0.983. The van der Waals surface area contributed by atoms with E-state index in [9.17, 15) is 0 Å². The summed E-state index contributed by atoms with van der Waals surface area (Å²) in [4.78, 5) is 2.55. The van der Waals surface area contributed by atoms with Gasteiger partial charge in [-0.05, 0) is 51.9 Å². The Morgan fingerprint density at radius 3 is 2.85 bits per heavy atom. The van der Waals surface area contributed by atoms with E-state index in [1.807, 2.05) is 12.1 Å². The number of rotatable bonds is 5. The summed E-state index contributed by atoms with van der Waals surface area (Å²) in [7, 11) is 1.75. The molecule has 0 saturated carbocycles. The third-order valence-corrected chi connectivity index (χ3v) is 4.36. The zero-order valence-electron chi connectivity index (χ0n) is 13.1. The molecule has 0 bridgehead atoms. The van der Waals surface area contributed by atoms with Gasteiger partial charge in [-0.25, -0.2) is 0 Å². The zero-order valence-corrected chi connectivity index (χ0v) is 13.1. The van der Waals surface area contributed by atoms with Crippen LogP contribution in [0.1, 0.15) is 44.7 Å². The van der Waals surface area contributed by atoms with Gasteiger partial charge in [0.25, 0.3) is 0 Å². The maximum atomic E-state index is 5.47. The van der Waals surface area contributed by atoms with Gasteiger partial charge in [-0.1, -0.05) is 25.1 Å². The first-order chi connectivity index (χ1) is 9.74. The van der Waals surface area contributed by atoms with Crippen LogP contribution in [0.3, 0.4) is 0 Å². The minimum absolute atomic E-state index is 0.337. The van der Waals surface area contributed by atoms with Crippen molar-refractivity contribution < 1.29 is 4.74 Å². The number of likely N-dealkylation sites (tertiary alicyclic amines) is 1.